The Kier molecular flexibility index (Phi) is 8.02. The van der Waals surface area contributed by atoms with Crippen molar-refractivity contribution in [1.82, 2.24) is 25.1 Å². The first-order chi connectivity index (χ1) is 14.1. The number of ether oxygens (including phenoxy) is 1. The van der Waals surface area contributed by atoms with E-state index in [1.165, 1.54) is 12.1 Å². The van der Waals surface area contributed by atoms with Crippen LogP contribution in [-0.4, -0.2) is 64.0 Å². The first-order valence-electron chi connectivity index (χ1n) is 10.7. The van der Waals surface area contributed by atoms with Gasteiger partial charge in [0.15, 0.2) is 5.82 Å². The van der Waals surface area contributed by atoms with Crippen molar-refractivity contribution in [2.24, 2.45) is 5.92 Å². The van der Waals surface area contributed by atoms with Crippen LogP contribution < -0.4 is 4.90 Å². The molecule has 0 saturated carbocycles. The first-order valence-corrected chi connectivity index (χ1v) is 10.7. The third-order valence-corrected chi connectivity index (χ3v) is 5.90. The molecule has 2 aliphatic heterocycles. The van der Waals surface area contributed by atoms with E-state index >= 15 is 0 Å². The number of halogens is 2. The maximum absolute atomic E-state index is 13.2. The van der Waals surface area contributed by atoms with Gasteiger partial charge < -0.3 is 9.64 Å². The molecule has 2 saturated heterocycles. The molecule has 1 aromatic heterocycles. The average molecular weight is 439 g/mol. The lowest BCUT2D eigenvalue weighted by Gasteiger charge is -2.40. The highest BCUT2D eigenvalue weighted by molar-refractivity contribution is 5.85. The molecule has 0 aliphatic carbocycles. The van der Waals surface area contributed by atoms with Gasteiger partial charge in [0.2, 0.25) is 0 Å². The van der Waals surface area contributed by atoms with Crippen LogP contribution in [0.15, 0.2) is 24.3 Å². The van der Waals surface area contributed by atoms with Gasteiger partial charge in [-0.2, -0.15) is 0 Å². The summed E-state index contributed by atoms with van der Waals surface area (Å²) in [6.07, 6.45) is 3.42. The maximum Gasteiger partial charge on any atom is 0.168 e. The fourth-order valence-corrected chi connectivity index (χ4v) is 4.37. The molecule has 3 heterocycles. The van der Waals surface area contributed by atoms with Gasteiger partial charge in [0.25, 0.3) is 0 Å². The molecule has 1 aromatic carbocycles. The Bertz CT molecular complexity index is 772. The highest BCUT2D eigenvalue weighted by atomic mass is 35.5. The minimum atomic E-state index is -0.192. The lowest BCUT2D eigenvalue weighted by atomic mass is 10.0. The third-order valence-electron chi connectivity index (χ3n) is 5.90. The van der Waals surface area contributed by atoms with Crippen LogP contribution in [0.4, 0.5) is 10.1 Å². The van der Waals surface area contributed by atoms with E-state index in [1.54, 1.807) is 0 Å². The molecule has 7 nitrogen and oxygen atoms in total. The Balaban J connectivity index is 0.00000256. The van der Waals surface area contributed by atoms with E-state index in [9.17, 15) is 4.39 Å². The van der Waals surface area contributed by atoms with Crippen molar-refractivity contribution < 1.29 is 9.13 Å². The second-order valence-corrected chi connectivity index (χ2v) is 8.50. The summed E-state index contributed by atoms with van der Waals surface area (Å²) in [5, 5.41) is 12.7. The molecule has 2 unspecified atom stereocenters. The molecule has 2 atom stereocenters. The summed E-state index contributed by atoms with van der Waals surface area (Å²) in [6.45, 7) is 9.74. The summed E-state index contributed by atoms with van der Waals surface area (Å²) >= 11 is 0. The number of tetrazole rings is 1. The zero-order valence-electron chi connectivity index (χ0n) is 17.8. The number of piperazine rings is 1. The molecular formula is C21H32ClFN6O. The Labute approximate surface area is 184 Å². The molecule has 2 fully saturated rings. The summed E-state index contributed by atoms with van der Waals surface area (Å²) in [5.74, 6) is 1.30. The Hall–Kier alpha value is -1.77. The van der Waals surface area contributed by atoms with Crippen molar-refractivity contribution in [1.29, 1.82) is 0 Å². The monoisotopic (exact) mass is 438 g/mol. The molecule has 30 heavy (non-hydrogen) atoms. The molecule has 0 radical (unpaired) electrons. The van der Waals surface area contributed by atoms with Crippen molar-refractivity contribution in [3.63, 3.8) is 0 Å². The lowest BCUT2D eigenvalue weighted by molar-refractivity contribution is 0.0885. The summed E-state index contributed by atoms with van der Waals surface area (Å²) in [7, 11) is 0. The molecule has 166 valence electrons. The van der Waals surface area contributed by atoms with E-state index in [0.29, 0.717) is 5.92 Å². The van der Waals surface area contributed by atoms with Crippen molar-refractivity contribution in [2.75, 3.05) is 37.7 Å². The number of anilines is 1. The molecule has 0 N–H and O–H groups in total. The van der Waals surface area contributed by atoms with Crippen LogP contribution in [0.5, 0.6) is 0 Å². The SMILES string of the molecule is CC(C)CC(c1nnnn1CC1CCCO1)N1CCN(c2ccc(F)cc2)CC1.Cl. The molecule has 0 spiro atoms. The van der Waals surface area contributed by atoms with Crippen molar-refractivity contribution >= 4 is 18.1 Å². The van der Waals surface area contributed by atoms with Crippen LogP contribution in [0.25, 0.3) is 0 Å². The fraction of sp³-hybridized carbons (Fsp3) is 0.667. The molecule has 2 aromatic rings. The second-order valence-electron chi connectivity index (χ2n) is 8.50. The Morgan fingerprint density at radius 1 is 1.13 bits per heavy atom. The highest BCUT2D eigenvalue weighted by Crippen LogP contribution is 2.29. The van der Waals surface area contributed by atoms with Gasteiger partial charge in [-0.1, -0.05) is 13.8 Å². The Morgan fingerprint density at radius 2 is 1.87 bits per heavy atom. The predicted octanol–water partition coefficient (Wildman–Crippen LogP) is 3.32. The van der Waals surface area contributed by atoms with Crippen molar-refractivity contribution in [3.05, 3.63) is 35.9 Å². The molecular weight excluding hydrogens is 407 g/mol. The van der Waals surface area contributed by atoms with E-state index in [-0.39, 0.29) is 30.4 Å². The number of benzene rings is 1. The zero-order chi connectivity index (χ0) is 20.2. The standard InChI is InChI=1S/C21H31FN6O.ClH/c1-16(2)14-20(21-23-24-25-28(21)15-19-4-3-13-29-19)27-11-9-26(10-12-27)18-7-5-17(22)6-8-18;/h5-8,16,19-20H,3-4,9-15H2,1-2H3;1H. The van der Waals surface area contributed by atoms with Crippen LogP contribution in [-0.2, 0) is 11.3 Å². The summed E-state index contributed by atoms with van der Waals surface area (Å²) in [6, 6.07) is 6.98. The second kappa shape index (κ2) is 10.5. The third kappa shape index (κ3) is 5.47. The number of hydrogen-bond acceptors (Lipinski definition) is 6. The largest absolute Gasteiger partial charge is 0.376 e. The quantitative estimate of drug-likeness (QED) is 0.660. The minimum absolute atomic E-state index is 0. The molecule has 2 aliphatic rings. The number of rotatable bonds is 7. The van der Waals surface area contributed by atoms with Crippen molar-refractivity contribution in [3.8, 4) is 0 Å². The van der Waals surface area contributed by atoms with Gasteiger partial charge in [-0.05, 0) is 59.9 Å². The minimum Gasteiger partial charge on any atom is -0.376 e. The van der Waals surface area contributed by atoms with Gasteiger partial charge in [0.05, 0.1) is 18.7 Å². The lowest BCUT2D eigenvalue weighted by Crippen LogP contribution is -2.48. The summed E-state index contributed by atoms with van der Waals surface area (Å²) in [5.41, 5.74) is 1.08. The van der Waals surface area contributed by atoms with Gasteiger partial charge >= 0.3 is 0 Å². The van der Waals surface area contributed by atoms with Gasteiger partial charge in [0.1, 0.15) is 5.82 Å². The molecule has 9 heteroatoms. The normalized spacial score (nSPS) is 21.1. The number of nitrogens with zero attached hydrogens (tertiary/aromatic N) is 6. The first kappa shape index (κ1) is 22.9. The van der Waals surface area contributed by atoms with Gasteiger partial charge in [-0.15, -0.1) is 17.5 Å². The van der Waals surface area contributed by atoms with Crippen LogP contribution in [0.1, 0.15) is 45.0 Å². The van der Waals surface area contributed by atoms with E-state index in [2.05, 4.69) is 39.2 Å². The summed E-state index contributed by atoms with van der Waals surface area (Å²) in [4.78, 5) is 4.81. The number of hydrogen-bond donors (Lipinski definition) is 0. The van der Waals surface area contributed by atoms with Crippen LogP contribution in [0.3, 0.4) is 0 Å². The topological polar surface area (TPSA) is 59.3 Å². The van der Waals surface area contributed by atoms with E-state index in [4.69, 9.17) is 4.74 Å². The Morgan fingerprint density at radius 3 is 2.50 bits per heavy atom. The molecule has 4 rings (SSSR count). The number of aromatic nitrogens is 4. The molecule has 0 amide bonds. The van der Waals surface area contributed by atoms with Gasteiger partial charge in [0, 0.05) is 38.5 Å². The van der Waals surface area contributed by atoms with Crippen LogP contribution in [0, 0.1) is 11.7 Å². The van der Waals surface area contributed by atoms with Gasteiger partial charge in [-0.25, -0.2) is 9.07 Å². The van der Waals surface area contributed by atoms with Crippen LogP contribution >= 0.6 is 12.4 Å². The highest BCUT2D eigenvalue weighted by Gasteiger charge is 2.31. The van der Waals surface area contributed by atoms with E-state index in [0.717, 1.165) is 70.1 Å². The van der Waals surface area contributed by atoms with E-state index < -0.39 is 0 Å². The molecule has 0 bridgehead atoms. The fourth-order valence-electron chi connectivity index (χ4n) is 4.37. The average Bonchev–Trinajstić information content (AvgIpc) is 3.39. The van der Waals surface area contributed by atoms with Gasteiger partial charge in [-0.3, -0.25) is 4.90 Å². The zero-order valence-corrected chi connectivity index (χ0v) is 18.6. The predicted molar refractivity (Wildman–Crippen MR) is 116 cm³/mol. The van der Waals surface area contributed by atoms with Crippen molar-refractivity contribution in [2.45, 2.75) is 51.8 Å². The van der Waals surface area contributed by atoms with Crippen LogP contribution in [0.2, 0.25) is 0 Å². The van der Waals surface area contributed by atoms with E-state index in [1.807, 2.05) is 16.8 Å². The smallest absolute Gasteiger partial charge is 0.168 e. The summed E-state index contributed by atoms with van der Waals surface area (Å²) < 4.78 is 21.0. The maximum atomic E-state index is 13.2.